The molecule has 0 aliphatic carbocycles. The first kappa shape index (κ1) is 9.24. The molecular weight excluding hydrogens is 268 g/mol. The number of thiol groups is 1. The van der Waals surface area contributed by atoms with Gasteiger partial charge in [-0.25, -0.2) is 0 Å². The van der Waals surface area contributed by atoms with Gasteiger partial charge in [0.2, 0.25) is 5.12 Å². The number of fused-ring (bicyclic) bond motifs is 1. The van der Waals surface area contributed by atoms with Crippen molar-refractivity contribution in [1.29, 1.82) is 0 Å². The second-order valence-electron chi connectivity index (χ2n) is 2.55. The summed E-state index contributed by atoms with van der Waals surface area (Å²) in [5, 5.41) is 0.887. The van der Waals surface area contributed by atoms with Gasteiger partial charge in [-0.15, -0.1) is 11.3 Å². The van der Waals surface area contributed by atoms with Gasteiger partial charge in [0.1, 0.15) is 0 Å². The number of benzene rings is 1. The monoisotopic (exact) mass is 272 g/mol. The van der Waals surface area contributed by atoms with Gasteiger partial charge in [0.05, 0.1) is 4.88 Å². The molecule has 0 fully saturated rings. The first-order valence-electron chi connectivity index (χ1n) is 3.60. The summed E-state index contributed by atoms with van der Waals surface area (Å²) in [5.41, 5.74) is 0. The van der Waals surface area contributed by atoms with Crippen molar-refractivity contribution in [3.8, 4) is 0 Å². The van der Waals surface area contributed by atoms with E-state index in [-0.39, 0.29) is 5.12 Å². The summed E-state index contributed by atoms with van der Waals surface area (Å²) in [4.78, 5) is 11.8. The SMILES string of the molecule is O=C(S)c1sc2ccccc2c1Br. The number of hydrogen-bond acceptors (Lipinski definition) is 2. The second kappa shape index (κ2) is 3.44. The van der Waals surface area contributed by atoms with Crippen molar-refractivity contribution in [2.24, 2.45) is 0 Å². The zero-order valence-electron chi connectivity index (χ0n) is 6.45. The molecule has 0 N–H and O–H groups in total. The van der Waals surface area contributed by atoms with Crippen LogP contribution in [0, 0.1) is 0 Å². The van der Waals surface area contributed by atoms with Crippen molar-refractivity contribution in [1.82, 2.24) is 0 Å². The summed E-state index contributed by atoms with van der Waals surface area (Å²) in [6, 6.07) is 7.88. The fraction of sp³-hybridized carbons (Fsp3) is 0. The first-order chi connectivity index (χ1) is 6.20. The normalized spacial score (nSPS) is 10.6. The molecule has 2 rings (SSSR count). The molecule has 1 aromatic heterocycles. The van der Waals surface area contributed by atoms with Gasteiger partial charge in [-0.2, -0.15) is 0 Å². The van der Waals surface area contributed by atoms with Crippen LogP contribution >= 0.6 is 39.9 Å². The fourth-order valence-corrected chi connectivity index (χ4v) is 3.39. The lowest BCUT2D eigenvalue weighted by molar-refractivity contribution is 0.109. The first-order valence-corrected chi connectivity index (χ1v) is 5.66. The minimum atomic E-state index is -0.187. The molecule has 13 heavy (non-hydrogen) atoms. The molecule has 1 nitrogen and oxygen atoms in total. The molecule has 0 saturated heterocycles. The minimum absolute atomic E-state index is 0.187. The molecule has 0 saturated carbocycles. The minimum Gasteiger partial charge on any atom is -0.281 e. The van der Waals surface area contributed by atoms with Gasteiger partial charge in [-0.05, 0) is 22.0 Å². The Hall–Kier alpha value is -0.320. The van der Waals surface area contributed by atoms with E-state index in [1.165, 1.54) is 11.3 Å². The molecule has 4 heteroatoms. The maximum atomic E-state index is 11.1. The van der Waals surface area contributed by atoms with Crippen LogP contribution in [0.15, 0.2) is 28.7 Å². The molecule has 0 unspecified atom stereocenters. The largest absolute Gasteiger partial charge is 0.281 e. The molecular formula is C9H5BrOS2. The number of hydrogen-bond donors (Lipinski definition) is 1. The summed E-state index contributed by atoms with van der Waals surface area (Å²) in [7, 11) is 0. The number of halogens is 1. The van der Waals surface area contributed by atoms with Crippen molar-refractivity contribution in [2.45, 2.75) is 0 Å². The summed E-state index contributed by atoms with van der Waals surface area (Å²) in [6.07, 6.45) is 0. The van der Waals surface area contributed by atoms with Crippen LogP contribution in [0.4, 0.5) is 0 Å². The van der Waals surface area contributed by atoms with Crippen molar-refractivity contribution < 1.29 is 4.79 Å². The Morgan fingerprint density at radius 2 is 2.08 bits per heavy atom. The molecule has 66 valence electrons. The Labute approximate surface area is 93.3 Å². The highest BCUT2D eigenvalue weighted by Gasteiger charge is 2.12. The predicted molar refractivity (Wildman–Crippen MR) is 62.8 cm³/mol. The summed E-state index contributed by atoms with van der Waals surface area (Å²) in [5.74, 6) is 0. The van der Waals surface area contributed by atoms with Crippen molar-refractivity contribution >= 4 is 55.1 Å². The highest BCUT2D eigenvalue weighted by Crippen LogP contribution is 2.35. The molecule has 0 radical (unpaired) electrons. The third kappa shape index (κ3) is 1.54. The summed E-state index contributed by atoms with van der Waals surface area (Å²) in [6.45, 7) is 0. The maximum absolute atomic E-state index is 11.1. The average Bonchev–Trinajstić information content (AvgIpc) is 2.45. The number of carbonyl (C=O) groups excluding carboxylic acids is 1. The Balaban J connectivity index is 2.81. The highest BCUT2D eigenvalue weighted by atomic mass is 79.9. The number of carbonyl (C=O) groups is 1. The lowest BCUT2D eigenvalue weighted by Gasteiger charge is -1.88. The van der Waals surface area contributed by atoms with E-state index in [1.807, 2.05) is 24.3 Å². The van der Waals surface area contributed by atoms with Crippen LogP contribution in [0.25, 0.3) is 10.1 Å². The van der Waals surface area contributed by atoms with E-state index in [2.05, 4.69) is 28.6 Å². The third-order valence-electron chi connectivity index (χ3n) is 1.73. The molecule has 0 aliphatic heterocycles. The molecule has 0 spiro atoms. The van der Waals surface area contributed by atoms with E-state index >= 15 is 0 Å². The fourth-order valence-electron chi connectivity index (χ4n) is 1.15. The van der Waals surface area contributed by atoms with E-state index in [4.69, 9.17) is 0 Å². The van der Waals surface area contributed by atoms with Gasteiger partial charge in [0.25, 0.3) is 0 Å². The Kier molecular flexibility index (Phi) is 2.45. The van der Waals surface area contributed by atoms with Gasteiger partial charge < -0.3 is 0 Å². The zero-order chi connectivity index (χ0) is 9.42. The van der Waals surface area contributed by atoms with Crippen LogP contribution in [-0.2, 0) is 0 Å². The van der Waals surface area contributed by atoms with Gasteiger partial charge in [0.15, 0.2) is 0 Å². The van der Waals surface area contributed by atoms with Crippen molar-refractivity contribution in [2.75, 3.05) is 0 Å². The van der Waals surface area contributed by atoms with E-state index in [0.29, 0.717) is 4.88 Å². The van der Waals surface area contributed by atoms with Gasteiger partial charge in [0, 0.05) is 14.6 Å². The van der Waals surface area contributed by atoms with Crippen LogP contribution in [0.1, 0.15) is 9.67 Å². The Morgan fingerprint density at radius 3 is 2.69 bits per heavy atom. The molecule has 0 amide bonds. The summed E-state index contributed by atoms with van der Waals surface area (Å²) < 4.78 is 1.96. The zero-order valence-corrected chi connectivity index (χ0v) is 9.75. The van der Waals surface area contributed by atoms with Crippen molar-refractivity contribution in [3.63, 3.8) is 0 Å². The van der Waals surface area contributed by atoms with Crippen LogP contribution in [-0.4, -0.2) is 5.12 Å². The summed E-state index contributed by atoms with van der Waals surface area (Å²) >= 11 is 8.66. The van der Waals surface area contributed by atoms with Gasteiger partial charge in [-0.1, -0.05) is 30.8 Å². The van der Waals surface area contributed by atoms with Crippen molar-refractivity contribution in [3.05, 3.63) is 33.6 Å². The molecule has 1 aromatic carbocycles. The second-order valence-corrected chi connectivity index (χ2v) is 4.80. The third-order valence-corrected chi connectivity index (χ3v) is 4.36. The van der Waals surface area contributed by atoms with E-state index in [1.54, 1.807) is 0 Å². The Bertz CT molecular complexity index is 475. The van der Waals surface area contributed by atoms with Crippen LogP contribution in [0.2, 0.25) is 0 Å². The highest BCUT2D eigenvalue weighted by molar-refractivity contribution is 9.10. The molecule has 0 atom stereocenters. The lowest BCUT2D eigenvalue weighted by Crippen LogP contribution is -1.82. The van der Waals surface area contributed by atoms with Crippen LogP contribution < -0.4 is 0 Å². The van der Waals surface area contributed by atoms with E-state index < -0.39 is 0 Å². The van der Waals surface area contributed by atoms with Crippen LogP contribution in [0.3, 0.4) is 0 Å². The van der Waals surface area contributed by atoms with E-state index in [9.17, 15) is 4.79 Å². The topological polar surface area (TPSA) is 17.1 Å². The molecule has 0 aliphatic rings. The average molecular weight is 273 g/mol. The Morgan fingerprint density at radius 1 is 1.38 bits per heavy atom. The van der Waals surface area contributed by atoms with Gasteiger partial charge >= 0.3 is 0 Å². The molecule has 1 heterocycles. The van der Waals surface area contributed by atoms with Gasteiger partial charge in [-0.3, -0.25) is 4.79 Å². The lowest BCUT2D eigenvalue weighted by atomic mass is 10.2. The smallest absolute Gasteiger partial charge is 0.227 e. The molecule has 0 bridgehead atoms. The quantitative estimate of drug-likeness (QED) is 0.783. The number of thiophene rings is 1. The number of rotatable bonds is 1. The maximum Gasteiger partial charge on any atom is 0.227 e. The predicted octanol–water partition coefficient (Wildman–Crippen LogP) is 3.73. The van der Waals surface area contributed by atoms with Crippen LogP contribution in [0.5, 0.6) is 0 Å². The molecule has 2 aromatic rings. The van der Waals surface area contributed by atoms with E-state index in [0.717, 1.165) is 14.6 Å². The standard InChI is InChI=1S/C9H5BrOS2/c10-7-5-3-1-2-4-6(5)13-8(7)9(11)12/h1-4H,(H,11,12).